The van der Waals surface area contributed by atoms with Crippen molar-refractivity contribution >= 4 is 34.8 Å². The van der Waals surface area contributed by atoms with Crippen molar-refractivity contribution in [2.75, 3.05) is 0 Å². The highest BCUT2D eigenvalue weighted by molar-refractivity contribution is 6.28. The van der Waals surface area contributed by atoms with Gasteiger partial charge in [-0.25, -0.2) is 0 Å². The van der Waals surface area contributed by atoms with Gasteiger partial charge in [-0.2, -0.15) is 0 Å². The number of alkyl halides is 3. The van der Waals surface area contributed by atoms with E-state index in [2.05, 4.69) is 0 Å². The molecule has 1 radical (unpaired) electrons. The Bertz CT molecular complexity index is 69.3. The van der Waals surface area contributed by atoms with E-state index in [9.17, 15) is 0 Å². The molecule has 0 nitrogen and oxygen atoms in total. The first-order valence-electron chi connectivity index (χ1n) is 2.95. The van der Waals surface area contributed by atoms with Gasteiger partial charge >= 0.3 is 0 Å². The van der Waals surface area contributed by atoms with Crippen molar-refractivity contribution in [3.63, 3.8) is 0 Å². The van der Waals surface area contributed by atoms with Crippen LogP contribution in [0.1, 0.15) is 12.8 Å². The van der Waals surface area contributed by atoms with Crippen LogP contribution in [0, 0.1) is 6.42 Å². The highest BCUT2D eigenvalue weighted by Gasteiger charge is 2.24. The van der Waals surface area contributed by atoms with Crippen LogP contribution >= 0.6 is 34.8 Å². The molecule has 9 heavy (non-hydrogen) atoms. The Morgan fingerprint density at radius 2 is 1.44 bits per heavy atom. The second kappa shape index (κ2) is 3.32. The van der Waals surface area contributed by atoms with E-state index in [1.165, 1.54) is 0 Å². The summed E-state index contributed by atoms with van der Waals surface area (Å²) in [6.07, 6.45) is 3.64. The van der Waals surface area contributed by atoms with Crippen molar-refractivity contribution in [1.29, 1.82) is 0 Å². The second-order valence-electron chi connectivity index (χ2n) is 2.29. The quantitative estimate of drug-likeness (QED) is 0.511. The second-order valence-corrected chi connectivity index (χ2v) is 4.03. The predicted octanol–water partition coefficient (Wildman–Crippen LogP) is 2.81. The smallest absolute Gasteiger partial charge is 0.0396 e. The molecule has 0 spiro atoms. The van der Waals surface area contributed by atoms with Crippen molar-refractivity contribution in [1.82, 2.24) is 0 Å². The van der Waals surface area contributed by atoms with Crippen LogP contribution in [-0.4, -0.2) is 16.1 Å². The van der Waals surface area contributed by atoms with Gasteiger partial charge in [0.15, 0.2) is 0 Å². The fourth-order valence-corrected chi connectivity index (χ4v) is 2.39. The third kappa shape index (κ3) is 2.53. The largest absolute Gasteiger partial charge is 0.123 e. The Labute approximate surface area is 70.5 Å². The van der Waals surface area contributed by atoms with Crippen LogP contribution in [0.5, 0.6) is 0 Å². The third-order valence-electron chi connectivity index (χ3n) is 1.38. The van der Waals surface area contributed by atoms with E-state index in [-0.39, 0.29) is 16.1 Å². The van der Waals surface area contributed by atoms with Gasteiger partial charge in [-0.05, 0) is 19.3 Å². The van der Waals surface area contributed by atoms with Gasteiger partial charge in [0.05, 0.1) is 0 Å². The molecule has 0 aromatic rings. The lowest BCUT2D eigenvalue weighted by molar-refractivity contribution is 0.612. The molecule has 0 bridgehead atoms. The zero-order valence-corrected chi connectivity index (χ0v) is 7.13. The molecule has 0 aromatic carbocycles. The van der Waals surface area contributed by atoms with Gasteiger partial charge in [0, 0.05) is 16.1 Å². The molecule has 0 aromatic heterocycles. The fourth-order valence-electron chi connectivity index (χ4n) is 0.969. The van der Waals surface area contributed by atoms with Crippen LogP contribution in [0.25, 0.3) is 0 Å². The molecule has 2 atom stereocenters. The molecule has 0 heterocycles. The minimum Gasteiger partial charge on any atom is -0.123 e. The first-order chi connectivity index (χ1) is 4.18. The van der Waals surface area contributed by atoms with Crippen LogP contribution < -0.4 is 0 Å². The van der Waals surface area contributed by atoms with Crippen LogP contribution in [-0.2, 0) is 0 Å². The Kier molecular flexibility index (Phi) is 2.94. The molecule has 0 N–H and O–H groups in total. The lowest BCUT2D eigenvalue weighted by Gasteiger charge is -2.23. The van der Waals surface area contributed by atoms with E-state index in [0.717, 1.165) is 12.8 Å². The van der Waals surface area contributed by atoms with Gasteiger partial charge in [-0.3, -0.25) is 0 Å². The van der Waals surface area contributed by atoms with Gasteiger partial charge in [0.2, 0.25) is 0 Å². The monoisotopic (exact) mass is 185 g/mol. The van der Waals surface area contributed by atoms with Crippen LogP contribution in [0.15, 0.2) is 0 Å². The summed E-state index contributed by atoms with van der Waals surface area (Å²) in [6.45, 7) is 0. The maximum absolute atomic E-state index is 5.82. The van der Waals surface area contributed by atoms with Crippen molar-refractivity contribution in [2.24, 2.45) is 0 Å². The molecule has 53 valence electrons. The molecule has 0 aliphatic heterocycles. The molecule has 1 fully saturated rings. The van der Waals surface area contributed by atoms with E-state index < -0.39 is 0 Å². The molecule has 2 unspecified atom stereocenters. The topological polar surface area (TPSA) is 0 Å². The highest BCUT2D eigenvalue weighted by atomic mass is 35.5. The molecular formula is C6H8Cl3. The Morgan fingerprint density at radius 3 is 1.78 bits per heavy atom. The first-order valence-corrected chi connectivity index (χ1v) is 4.26. The van der Waals surface area contributed by atoms with Crippen LogP contribution in [0.3, 0.4) is 0 Å². The summed E-state index contributed by atoms with van der Waals surface area (Å²) in [6, 6.07) is 0. The molecule has 0 amide bonds. The average Bonchev–Trinajstić information content (AvgIpc) is 1.59. The van der Waals surface area contributed by atoms with Gasteiger partial charge in [0.25, 0.3) is 0 Å². The van der Waals surface area contributed by atoms with E-state index in [1.54, 1.807) is 0 Å². The number of rotatable bonds is 0. The summed E-state index contributed by atoms with van der Waals surface area (Å²) >= 11 is 17.4. The van der Waals surface area contributed by atoms with Crippen molar-refractivity contribution in [3.05, 3.63) is 6.42 Å². The van der Waals surface area contributed by atoms with Gasteiger partial charge in [-0.1, -0.05) is 0 Å². The average molecular weight is 186 g/mol. The fraction of sp³-hybridized carbons (Fsp3) is 0.833. The maximum atomic E-state index is 5.82. The standard InChI is InChI=1S/C6H8Cl3/c7-4-1-5(8)3-6(9)2-4/h1,4-6H,2-3H2. The van der Waals surface area contributed by atoms with Crippen molar-refractivity contribution in [3.8, 4) is 0 Å². The Hall–Kier alpha value is 0.870. The van der Waals surface area contributed by atoms with Gasteiger partial charge < -0.3 is 0 Å². The molecule has 1 aliphatic rings. The molecule has 1 saturated carbocycles. The Morgan fingerprint density at radius 1 is 1.00 bits per heavy atom. The minimum absolute atomic E-state index is 0.0729. The van der Waals surface area contributed by atoms with Crippen molar-refractivity contribution in [2.45, 2.75) is 29.0 Å². The summed E-state index contributed by atoms with van der Waals surface area (Å²) in [5, 5.41) is 0.312. The normalized spacial score (nSPS) is 45.0. The zero-order valence-electron chi connectivity index (χ0n) is 4.86. The predicted molar refractivity (Wildman–Crippen MR) is 42.5 cm³/mol. The van der Waals surface area contributed by atoms with E-state index in [0.29, 0.717) is 0 Å². The summed E-state index contributed by atoms with van der Waals surface area (Å²) < 4.78 is 0. The van der Waals surface area contributed by atoms with Gasteiger partial charge in [-0.15, -0.1) is 34.8 Å². The maximum Gasteiger partial charge on any atom is 0.0396 e. The summed E-state index contributed by atoms with van der Waals surface area (Å²) in [4.78, 5) is 0. The molecule has 0 saturated heterocycles. The first kappa shape index (κ1) is 7.97. The van der Waals surface area contributed by atoms with Crippen LogP contribution in [0.4, 0.5) is 0 Å². The van der Waals surface area contributed by atoms with Crippen LogP contribution in [0.2, 0.25) is 0 Å². The van der Waals surface area contributed by atoms with E-state index in [4.69, 9.17) is 34.8 Å². The minimum atomic E-state index is 0.0729. The number of halogens is 3. The number of hydrogen-bond acceptors (Lipinski definition) is 0. The van der Waals surface area contributed by atoms with E-state index >= 15 is 0 Å². The summed E-state index contributed by atoms with van der Waals surface area (Å²) in [5.41, 5.74) is 0. The van der Waals surface area contributed by atoms with Gasteiger partial charge in [0.1, 0.15) is 0 Å². The summed E-state index contributed by atoms with van der Waals surface area (Å²) in [5.74, 6) is 0. The van der Waals surface area contributed by atoms with Crippen molar-refractivity contribution < 1.29 is 0 Å². The third-order valence-corrected chi connectivity index (χ3v) is 2.38. The molecule has 1 rings (SSSR count). The Balaban J connectivity index is 2.34. The SMILES string of the molecule is ClC1[CH]C(Cl)CC(Cl)C1. The molecule has 3 heteroatoms. The number of hydrogen-bond donors (Lipinski definition) is 0. The molecular weight excluding hydrogens is 178 g/mol. The van der Waals surface area contributed by atoms with E-state index in [1.807, 2.05) is 6.42 Å². The molecule has 1 aliphatic carbocycles. The summed E-state index contributed by atoms with van der Waals surface area (Å²) in [7, 11) is 0. The highest BCUT2D eigenvalue weighted by Crippen LogP contribution is 2.28. The lowest BCUT2D eigenvalue weighted by Crippen LogP contribution is -2.24. The lowest BCUT2D eigenvalue weighted by atomic mass is 9.99. The zero-order chi connectivity index (χ0) is 6.85.